The van der Waals surface area contributed by atoms with Crippen LogP contribution in [0.2, 0.25) is 5.02 Å². The van der Waals surface area contributed by atoms with Gasteiger partial charge in [-0.2, -0.15) is 0 Å². The van der Waals surface area contributed by atoms with Gasteiger partial charge in [0.2, 0.25) is 0 Å². The number of hydrogen-bond donors (Lipinski definition) is 0. The Hall–Kier alpha value is -1.95. The molecule has 0 fully saturated rings. The van der Waals surface area contributed by atoms with E-state index in [1.54, 1.807) is 36.4 Å². The number of carbonyl (C=O) groups excluding carboxylic acids is 1. The molecule has 27 heavy (non-hydrogen) atoms. The quantitative estimate of drug-likeness (QED) is 0.761. The van der Waals surface area contributed by atoms with E-state index in [0.29, 0.717) is 23.6 Å². The van der Waals surface area contributed by atoms with Crippen molar-refractivity contribution in [2.75, 3.05) is 26.9 Å². The maximum absolute atomic E-state index is 13.1. The smallest absolute Gasteiger partial charge is 0.175 e. The predicted molar refractivity (Wildman–Crippen MR) is 109 cm³/mol. The SMILES string of the molecule is CN(C)CC1CC(c2ccc(S(C)(=O)=O)cc2)=C(c2cccc(Cl)c2)C1=O. The molecule has 0 radical (unpaired) electrons. The number of nitrogens with zero attached hydrogens (tertiary/aromatic N) is 1. The van der Waals surface area contributed by atoms with E-state index < -0.39 is 9.84 Å². The Morgan fingerprint density at radius 2 is 1.74 bits per heavy atom. The Morgan fingerprint density at radius 3 is 2.30 bits per heavy atom. The maximum Gasteiger partial charge on any atom is 0.175 e. The van der Waals surface area contributed by atoms with Crippen molar-refractivity contribution in [3.05, 3.63) is 64.7 Å². The van der Waals surface area contributed by atoms with Crippen LogP contribution in [0, 0.1) is 5.92 Å². The molecular weight excluding hydrogens is 382 g/mol. The van der Waals surface area contributed by atoms with Gasteiger partial charge in [-0.05, 0) is 61.5 Å². The number of halogens is 1. The number of carbonyl (C=O) groups is 1. The van der Waals surface area contributed by atoms with Gasteiger partial charge in [0.25, 0.3) is 0 Å². The Morgan fingerprint density at radius 1 is 1.07 bits per heavy atom. The first-order valence-corrected chi connectivity index (χ1v) is 10.9. The van der Waals surface area contributed by atoms with E-state index in [0.717, 1.165) is 16.7 Å². The highest BCUT2D eigenvalue weighted by atomic mass is 35.5. The van der Waals surface area contributed by atoms with Crippen molar-refractivity contribution >= 4 is 38.4 Å². The largest absolute Gasteiger partial charge is 0.309 e. The second-order valence-electron chi connectivity index (χ2n) is 7.19. The fourth-order valence-electron chi connectivity index (χ4n) is 3.51. The van der Waals surface area contributed by atoms with Crippen LogP contribution in [-0.4, -0.2) is 46.0 Å². The third kappa shape index (κ3) is 4.32. The third-order valence-electron chi connectivity index (χ3n) is 4.70. The van der Waals surface area contributed by atoms with Crippen molar-refractivity contribution in [1.29, 1.82) is 0 Å². The van der Waals surface area contributed by atoms with Crippen LogP contribution in [0.1, 0.15) is 17.5 Å². The summed E-state index contributed by atoms with van der Waals surface area (Å²) >= 11 is 6.15. The molecule has 0 N–H and O–H groups in total. The molecule has 0 saturated carbocycles. The maximum atomic E-state index is 13.1. The van der Waals surface area contributed by atoms with Gasteiger partial charge in [0.05, 0.1) is 4.90 Å². The molecule has 2 aromatic rings. The molecule has 1 unspecified atom stereocenters. The summed E-state index contributed by atoms with van der Waals surface area (Å²) in [7, 11) is 0.640. The molecule has 1 aliphatic rings. The number of hydrogen-bond acceptors (Lipinski definition) is 4. The van der Waals surface area contributed by atoms with Crippen LogP contribution in [0.4, 0.5) is 0 Å². The van der Waals surface area contributed by atoms with Crippen molar-refractivity contribution in [3.8, 4) is 0 Å². The number of ketones is 1. The normalized spacial score (nSPS) is 17.8. The monoisotopic (exact) mass is 403 g/mol. The van der Waals surface area contributed by atoms with E-state index in [1.807, 2.05) is 31.1 Å². The van der Waals surface area contributed by atoms with E-state index in [2.05, 4.69) is 0 Å². The third-order valence-corrected chi connectivity index (χ3v) is 6.06. The van der Waals surface area contributed by atoms with Gasteiger partial charge in [-0.1, -0.05) is 35.9 Å². The van der Waals surface area contributed by atoms with Crippen molar-refractivity contribution in [2.24, 2.45) is 5.92 Å². The van der Waals surface area contributed by atoms with Gasteiger partial charge in [-0.25, -0.2) is 8.42 Å². The molecule has 4 nitrogen and oxygen atoms in total. The van der Waals surface area contributed by atoms with Gasteiger partial charge in [-0.15, -0.1) is 0 Å². The lowest BCUT2D eigenvalue weighted by molar-refractivity contribution is -0.117. The predicted octanol–water partition coefficient (Wildman–Crippen LogP) is 3.80. The summed E-state index contributed by atoms with van der Waals surface area (Å²) in [5.41, 5.74) is 3.29. The summed E-state index contributed by atoms with van der Waals surface area (Å²) in [5, 5.41) is 0.579. The van der Waals surface area contributed by atoms with Crippen molar-refractivity contribution in [3.63, 3.8) is 0 Å². The molecule has 0 amide bonds. The summed E-state index contributed by atoms with van der Waals surface area (Å²) in [6.45, 7) is 0.661. The van der Waals surface area contributed by atoms with E-state index in [-0.39, 0.29) is 16.6 Å². The molecule has 0 heterocycles. The summed E-state index contributed by atoms with van der Waals surface area (Å²) in [5.74, 6) is -0.0216. The molecule has 1 atom stereocenters. The van der Waals surface area contributed by atoms with Crippen molar-refractivity contribution in [2.45, 2.75) is 11.3 Å². The fraction of sp³-hybridized carbons (Fsp3) is 0.286. The number of rotatable bonds is 5. The highest BCUT2D eigenvalue weighted by Crippen LogP contribution is 2.41. The number of allylic oxidation sites excluding steroid dienone is 2. The van der Waals surface area contributed by atoms with Gasteiger partial charge in [0.15, 0.2) is 15.6 Å². The first-order valence-electron chi connectivity index (χ1n) is 8.65. The summed E-state index contributed by atoms with van der Waals surface area (Å²) in [6, 6.07) is 14.1. The Balaban J connectivity index is 2.10. The Labute approximate surface area is 165 Å². The lowest BCUT2D eigenvalue weighted by atomic mass is 9.97. The Kier molecular flexibility index (Phi) is 5.56. The van der Waals surface area contributed by atoms with Crippen LogP contribution >= 0.6 is 11.6 Å². The molecular formula is C21H22ClNO3S. The first-order chi connectivity index (χ1) is 12.7. The topological polar surface area (TPSA) is 54.5 Å². The van der Waals surface area contributed by atoms with Crippen LogP contribution in [0.15, 0.2) is 53.4 Å². The van der Waals surface area contributed by atoms with Crippen LogP contribution in [0.3, 0.4) is 0 Å². The minimum absolute atomic E-state index is 0.105. The zero-order chi connectivity index (χ0) is 19.8. The van der Waals surface area contributed by atoms with Crippen LogP contribution < -0.4 is 0 Å². The molecule has 0 aromatic heterocycles. The highest BCUT2D eigenvalue weighted by molar-refractivity contribution is 7.90. The second-order valence-corrected chi connectivity index (χ2v) is 9.64. The molecule has 0 aliphatic heterocycles. The molecule has 2 aromatic carbocycles. The number of Topliss-reactive ketones (excluding diaryl/α,β-unsaturated/α-hetero) is 1. The molecule has 142 valence electrons. The van der Waals surface area contributed by atoms with Gasteiger partial charge < -0.3 is 4.90 Å². The number of benzene rings is 2. The van der Waals surface area contributed by atoms with E-state index in [4.69, 9.17) is 11.6 Å². The van der Waals surface area contributed by atoms with Crippen molar-refractivity contribution < 1.29 is 13.2 Å². The molecule has 3 rings (SSSR count). The minimum atomic E-state index is -3.26. The summed E-state index contributed by atoms with van der Waals surface area (Å²) in [6.07, 6.45) is 1.81. The minimum Gasteiger partial charge on any atom is -0.309 e. The van der Waals surface area contributed by atoms with E-state index in [9.17, 15) is 13.2 Å². The van der Waals surface area contributed by atoms with Crippen LogP contribution in [-0.2, 0) is 14.6 Å². The van der Waals surface area contributed by atoms with E-state index in [1.165, 1.54) is 6.26 Å². The average molecular weight is 404 g/mol. The molecule has 0 spiro atoms. The zero-order valence-corrected chi connectivity index (χ0v) is 17.1. The molecule has 0 saturated heterocycles. The molecule has 6 heteroatoms. The standard InChI is InChI=1S/C21H22ClNO3S/c1-23(2)13-16-12-19(14-7-9-18(10-8-14)27(3,25)26)20(21(16)24)15-5-4-6-17(22)11-15/h4-11,16H,12-13H2,1-3H3. The summed E-state index contributed by atoms with van der Waals surface area (Å²) < 4.78 is 23.5. The molecule has 0 bridgehead atoms. The Bertz CT molecular complexity index is 1010. The lowest BCUT2D eigenvalue weighted by Gasteiger charge is -2.15. The summed E-state index contributed by atoms with van der Waals surface area (Å²) in [4.78, 5) is 15.4. The van der Waals surface area contributed by atoms with Crippen LogP contribution in [0.5, 0.6) is 0 Å². The second kappa shape index (κ2) is 7.58. The number of sulfone groups is 1. The van der Waals surface area contributed by atoms with Crippen molar-refractivity contribution in [1.82, 2.24) is 4.90 Å². The average Bonchev–Trinajstić information content (AvgIpc) is 2.90. The molecule has 1 aliphatic carbocycles. The van der Waals surface area contributed by atoms with Gasteiger partial charge >= 0.3 is 0 Å². The van der Waals surface area contributed by atoms with Crippen LogP contribution in [0.25, 0.3) is 11.1 Å². The highest BCUT2D eigenvalue weighted by Gasteiger charge is 2.34. The van der Waals surface area contributed by atoms with Gasteiger partial charge in [-0.3, -0.25) is 4.79 Å². The van der Waals surface area contributed by atoms with Gasteiger partial charge in [0.1, 0.15) is 0 Å². The zero-order valence-electron chi connectivity index (χ0n) is 15.6. The van der Waals surface area contributed by atoms with E-state index >= 15 is 0 Å². The fourth-order valence-corrected chi connectivity index (χ4v) is 4.33. The first kappa shape index (κ1) is 19.8. The van der Waals surface area contributed by atoms with Gasteiger partial charge in [0, 0.05) is 29.3 Å². The lowest BCUT2D eigenvalue weighted by Crippen LogP contribution is -2.25.